The van der Waals surface area contributed by atoms with Crippen LogP contribution < -0.4 is 0 Å². The van der Waals surface area contributed by atoms with Crippen molar-refractivity contribution < 1.29 is 29.6 Å². The molecule has 4 atom stereocenters. The molecule has 0 aromatic carbocycles. The summed E-state index contributed by atoms with van der Waals surface area (Å²) in [4.78, 5) is 0. The normalized spacial score (nSPS) is 49.2. The molecule has 1 fully saturated rings. The molecule has 0 spiro atoms. The molecule has 1 unspecified atom stereocenters. The molecule has 0 aliphatic carbocycles. The lowest BCUT2D eigenvalue weighted by Crippen LogP contribution is -2.61. The lowest BCUT2D eigenvalue weighted by atomic mass is 9.98. The van der Waals surface area contributed by atoms with Gasteiger partial charge >= 0.3 is 0 Å². The molecule has 0 aromatic heterocycles. The zero-order chi connectivity index (χ0) is 9.35. The van der Waals surface area contributed by atoms with Crippen LogP contribution in [-0.2, 0) is 4.74 Å². The minimum absolute atomic E-state index is 0.404. The first kappa shape index (κ1) is 9.82. The number of ether oxygens (including phenoxy) is 1. The molecule has 0 radical (unpaired) electrons. The van der Waals surface area contributed by atoms with Crippen LogP contribution in [0.4, 0.5) is 4.39 Å². The number of alkyl halides is 1. The fraction of sp³-hybridized carbons (Fsp3) is 1.00. The van der Waals surface area contributed by atoms with E-state index in [9.17, 15) is 4.39 Å². The van der Waals surface area contributed by atoms with Crippen LogP contribution >= 0.6 is 0 Å². The van der Waals surface area contributed by atoms with Crippen LogP contribution in [0.2, 0.25) is 0 Å². The summed E-state index contributed by atoms with van der Waals surface area (Å²) in [6.07, 6.45) is -4.71. The molecule has 1 aliphatic heterocycles. The quantitative estimate of drug-likeness (QED) is 0.368. The van der Waals surface area contributed by atoms with Gasteiger partial charge in [0.05, 0.1) is 6.61 Å². The number of hydrogen-bond donors (Lipinski definition) is 4. The summed E-state index contributed by atoms with van der Waals surface area (Å²) in [5, 5.41) is 36.1. The van der Waals surface area contributed by atoms with Crippen LogP contribution in [0.15, 0.2) is 0 Å². The van der Waals surface area contributed by atoms with E-state index < -0.39 is 37.4 Å². The second-order valence-corrected chi connectivity index (χ2v) is 2.79. The zero-order valence-corrected chi connectivity index (χ0v) is 6.22. The Hall–Kier alpha value is -0.270. The summed E-state index contributed by atoms with van der Waals surface area (Å²) in [6.45, 7) is -1.74. The third-order valence-electron chi connectivity index (χ3n) is 1.88. The smallest absolute Gasteiger partial charge is 0.224 e. The molecule has 5 nitrogen and oxygen atoms in total. The van der Waals surface area contributed by atoms with Gasteiger partial charge in [-0.15, -0.1) is 0 Å². The molecule has 4 N–H and O–H groups in total. The standard InChI is InChI=1S/C6H11FO5/c7-2-6(11)5(10)4(9)3(8)1-12-6/h3-5,8-11H,1-2H2/t3-,4-,5+,6?/m1/s1. The molecular formula is C6H11FO5. The van der Waals surface area contributed by atoms with E-state index in [0.29, 0.717) is 0 Å². The SMILES string of the molecule is O[C@@H]1[C@H](O)COC(O)(CF)[C@H]1O. The lowest BCUT2D eigenvalue weighted by Gasteiger charge is -2.39. The zero-order valence-electron chi connectivity index (χ0n) is 6.22. The summed E-state index contributed by atoms with van der Waals surface area (Å²) in [5.74, 6) is -2.39. The fourth-order valence-electron chi connectivity index (χ4n) is 1.01. The largest absolute Gasteiger partial charge is 0.388 e. The predicted molar refractivity (Wildman–Crippen MR) is 34.9 cm³/mol. The van der Waals surface area contributed by atoms with E-state index >= 15 is 0 Å². The highest BCUT2D eigenvalue weighted by molar-refractivity contribution is 4.91. The van der Waals surface area contributed by atoms with Crippen molar-refractivity contribution in [3.63, 3.8) is 0 Å². The van der Waals surface area contributed by atoms with Crippen LogP contribution in [0.1, 0.15) is 0 Å². The molecule has 1 saturated heterocycles. The first-order valence-corrected chi connectivity index (χ1v) is 3.48. The first-order chi connectivity index (χ1) is 5.51. The van der Waals surface area contributed by atoms with Crippen LogP contribution in [-0.4, -0.2) is 57.8 Å². The first-order valence-electron chi connectivity index (χ1n) is 3.48. The van der Waals surface area contributed by atoms with E-state index in [-0.39, 0.29) is 0 Å². The Morgan fingerprint density at radius 3 is 2.50 bits per heavy atom. The minimum atomic E-state index is -2.39. The number of aliphatic hydroxyl groups is 4. The lowest BCUT2D eigenvalue weighted by molar-refractivity contribution is -0.325. The predicted octanol–water partition coefficient (Wildman–Crippen LogP) is -2.24. The Balaban J connectivity index is 2.71. The van der Waals surface area contributed by atoms with Gasteiger partial charge in [-0.2, -0.15) is 0 Å². The van der Waals surface area contributed by atoms with Crippen molar-refractivity contribution in [2.75, 3.05) is 13.3 Å². The average Bonchev–Trinajstić information content (AvgIpc) is 2.09. The Kier molecular flexibility index (Phi) is 2.64. The minimum Gasteiger partial charge on any atom is -0.388 e. The Morgan fingerprint density at radius 1 is 1.42 bits per heavy atom. The van der Waals surface area contributed by atoms with Crippen molar-refractivity contribution in [2.24, 2.45) is 0 Å². The van der Waals surface area contributed by atoms with Crippen molar-refractivity contribution in [1.29, 1.82) is 0 Å². The van der Waals surface area contributed by atoms with E-state index in [2.05, 4.69) is 4.74 Å². The number of hydrogen-bond acceptors (Lipinski definition) is 5. The van der Waals surface area contributed by atoms with Gasteiger partial charge in [-0.1, -0.05) is 0 Å². The van der Waals surface area contributed by atoms with Crippen molar-refractivity contribution in [1.82, 2.24) is 0 Å². The topological polar surface area (TPSA) is 90.2 Å². The van der Waals surface area contributed by atoms with Crippen LogP contribution in [0.25, 0.3) is 0 Å². The molecule has 6 heteroatoms. The van der Waals surface area contributed by atoms with Gasteiger partial charge in [0.15, 0.2) is 0 Å². The van der Waals surface area contributed by atoms with Crippen molar-refractivity contribution >= 4 is 0 Å². The molecule has 1 rings (SSSR count). The number of halogens is 1. The maximum absolute atomic E-state index is 12.1. The van der Waals surface area contributed by atoms with Gasteiger partial charge in [0.1, 0.15) is 25.0 Å². The fourth-order valence-corrected chi connectivity index (χ4v) is 1.01. The number of rotatable bonds is 1. The summed E-state index contributed by atoms with van der Waals surface area (Å²) in [5.41, 5.74) is 0. The molecule has 0 bridgehead atoms. The highest BCUT2D eigenvalue weighted by Gasteiger charge is 2.48. The van der Waals surface area contributed by atoms with E-state index in [1.54, 1.807) is 0 Å². The molecule has 12 heavy (non-hydrogen) atoms. The van der Waals surface area contributed by atoms with Gasteiger partial charge in [-0.05, 0) is 0 Å². The van der Waals surface area contributed by atoms with Gasteiger partial charge in [-0.3, -0.25) is 0 Å². The molecule has 0 aromatic rings. The second-order valence-electron chi connectivity index (χ2n) is 2.79. The summed E-state index contributed by atoms with van der Waals surface area (Å²) in [6, 6.07) is 0. The molecule has 1 aliphatic rings. The van der Waals surface area contributed by atoms with E-state index in [4.69, 9.17) is 20.4 Å². The maximum atomic E-state index is 12.1. The third-order valence-corrected chi connectivity index (χ3v) is 1.88. The molecular weight excluding hydrogens is 171 g/mol. The second kappa shape index (κ2) is 3.23. The van der Waals surface area contributed by atoms with Crippen LogP contribution in [0.5, 0.6) is 0 Å². The summed E-state index contributed by atoms with van der Waals surface area (Å²) < 4.78 is 16.5. The van der Waals surface area contributed by atoms with Gasteiger partial charge in [0.25, 0.3) is 0 Å². The highest BCUT2D eigenvalue weighted by Crippen LogP contribution is 2.23. The molecule has 0 amide bonds. The molecule has 72 valence electrons. The third kappa shape index (κ3) is 1.44. The van der Waals surface area contributed by atoms with Crippen molar-refractivity contribution in [3.05, 3.63) is 0 Å². The van der Waals surface area contributed by atoms with E-state index in [1.165, 1.54) is 0 Å². The summed E-state index contributed by atoms with van der Waals surface area (Å²) in [7, 11) is 0. The van der Waals surface area contributed by atoms with Crippen molar-refractivity contribution in [2.45, 2.75) is 24.1 Å². The molecule has 0 saturated carbocycles. The average molecular weight is 182 g/mol. The van der Waals surface area contributed by atoms with E-state index in [1.807, 2.05) is 0 Å². The monoisotopic (exact) mass is 182 g/mol. The van der Waals surface area contributed by atoms with E-state index in [0.717, 1.165) is 0 Å². The summed E-state index contributed by atoms with van der Waals surface area (Å²) >= 11 is 0. The maximum Gasteiger partial charge on any atom is 0.224 e. The Bertz CT molecular complexity index is 166. The van der Waals surface area contributed by atoms with Gasteiger partial charge < -0.3 is 25.2 Å². The molecule has 1 heterocycles. The highest BCUT2D eigenvalue weighted by atomic mass is 19.1. The van der Waals surface area contributed by atoms with Crippen LogP contribution in [0.3, 0.4) is 0 Å². The van der Waals surface area contributed by atoms with Crippen LogP contribution in [0, 0.1) is 0 Å². The van der Waals surface area contributed by atoms with Crippen molar-refractivity contribution in [3.8, 4) is 0 Å². The van der Waals surface area contributed by atoms with Gasteiger partial charge in [0, 0.05) is 0 Å². The Morgan fingerprint density at radius 2 is 2.00 bits per heavy atom. The van der Waals surface area contributed by atoms with Gasteiger partial charge in [0.2, 0.25) is 5.79 Å². The Labute approximate surface area is 68.0 Å². The van der Waals surface area contributed by atoms with Gasteiger partial charge in [-0.25, -0.2) is 4.39 Å². The number of aliphatic hydroxyl groups excluding tert-OH is 3.